The number of carboxylic acid groups (broad SMARTS) is 1. The molecule has 0 aromatic heterocycles. The van der Waals surface area contributed by atoms with E-state index in [-0.39, 0.29) is 12.5 Å². The van der Waals surface area contributed by atoms with Gasteiger partial charge in [-0.3, -0.25) is 0 Å². The van der Waals surface area contributed by atoms with Crippen LogP contribution in [0.2, 0.25) is 0 Å². The zero-order chi connectivity index (χ0) is 14.4. The Labute approximate surface area is 113 Å². The van der Waals surface area contributed by atoms with Crippen molar-refractivity contribution >= 4 is 12.0 Å². The van der Waals surface area contributed by atoms with Crippen LogP contribution in [0.25, 0.3) is 0 Å². The van der Waals surface area contributed by atoms with Crippen LogP contribution in [-0.4, -0.2) is 53.1 Å². The maximum atomic E-state index is 12.2. The minimum absolute atomic E-state index is 0.255. The van der Waals surface area contributed by atoms with Crippen molar-refractivity contribution < 1.29 is 14.7 Å². The van der Waals surface area contributed by atoms with Crippen molar-refractivity contribution in [1.82, 2.24) is 9.80 Å². The Kier molecular flexibility index (Phi) is 5.61. The number of piperidine rings is 1. The Morgan fingerprint density at radius 1 is 1.53 bits per heavy atom. The molecule has 0 radical (unpaired) electrons. The molecular weight excluding hydrogens is 246 g/mol. The van der Waals surface area contributed by atoms with E-state index in [2.05, 4.69) is 0 Å². The number of amides is 2. The topological polar surface area (TPSA) is 84.6 Å². The molecule has 19 heavy (non-hydrogen) atoms. The summed E-state index contributed by atoms with van der Waals surface area (Å²) in [6.07, 6.45) is 2.56. The second-order valence-electron chi connectivity index (χ2n) is 4.96. The summed E-state index contributed by atoms with van der Waals surface area (Å²) in [5.74, 6) is -0.574. The molecule has 1 aliphatic heterocycles. The average Bonchev–Trinajstić information content (AvgIpc) is 2.43. The van der Waals surface area contributed by atoms with Crippen LogP contribution in [-0.2, 0) is 4.79 Å². The molecular formula is C13H21N3O3. The van der Waals surface area contributed by atoms with Crippen LogP contribution >= 0.6 is 0 Å². The highest BCUT2D eigenvalue weighted by molar-refractivity contribution is 5.82. The van der Waals surface area contributed by atoms with Crippen LogP contribution in [0.3, 0.4) is 0 Å². The van der Waals surface area contributed by atoms with Crippen molar-refractivity contribution in [3.63, 3.8) is 0 Å². The van der Waals surface area contributed by atoms with Gasteiger partial charge in [0.15, 0.2) is 0 Å². The van der Waals surface area contributed by atoms with Gasteiger partial charge in [0, 0.05) is 20.1 Å². The first-order chi connectivity index (χ1) is 9.01. The fraction of sp³-hybridized carbons (Fsp3) is 0.769. The summed E-state index contributed by atoms with van der Waals surface area (Å²) >= 11 is 0. The molecule has 1 rings (SSSR count). The van der Waals surface area contributed by atoms with E-state index in [1.165, 1.54) is 9.80 Å². The normalized spacial score (nSPS) is 22.7. The third-order valence-corrected chi connectivity index (χ3v) is 3.70. The lowest BCUT2D eigenvalue weighted by Crippen LogP contribution is -2.53. The van der Waals surface area contributed by atoms with Gasteiger partial charge in [0.05, 0.1) is 12.5 Å². The number of hydrogen-bond acceptors (Lipinski definition) is 3. The van der Waals surface area contributed by atoms with E-state index in [0.717, 1.165) is 12.8 Å². The Morgan fingerprint density at radius 3 is 2.74 bits per heavy atom. The molecule has 1 saturated heterocycles. The van der Waals surface area contributed by atoms with Gasteiger partial charge in [0.2, 0.25) is 0 Å². The van der Waals surface area contributed by atoms with Crippen molar-refractivity contribution in [3.8, 4) is 6.07 Å². The minimum atomic E-state index is -0.944. The van der Waals surface area contributed by atoms with Gasteiger partial charge in [-0.05, 0) is 18.8 Å². The molecule has 6 nitrogen and oxygen atoms in total. The number of aliphatic carboxylic acids is 1. The fourth-order valence-electron chi connectivity index (χ4n) is 2.40. The molecule has 106 valence electrons. The van der Waals surface area contributed by atoms with Crippen molar-refractivity contribution in [2.45, 2.75) is 38.6 Å². The Morgan fingerprint density at radius 2 is 2.21 bits per heavy atom. The van der Waals surface area contributed by atoms with Gasteiger partial charge in [-0.25, -0.2) is 9.59 Å². The Hall–Kier alpha value is -1.77. The van der Waals surface area contributed by atoms with E-state index in [1.807, 2.05) is 13.0 Å². The standard InChI is InChI=1S/C13H21N3O3/c1-3-10-5-8-16(11(9-10)12(17)18)13(19)15(2)7-4-6-14/h10-11H,3-5,7-9H2,1-2H3,(H,17,18). The summed E-state index contributed by atoms with van der Waals surface area (Å²) in [6, 6.07) is 0.944. The molecule has 1 N–H and O–H groups in total. The van der Waals surface area contributed by atoms with Crippen molar-refractivity contribution in [2.75, 3.05) is 20.1 Å². The van der Waals surface area contributed by atoms with E-state index in [9.17, 15) is 14.7 Å². The Bertz CT molecular complexity index is 378. The SMILES string of the molecule is CCC1CCN(C(=O)N(C)CCC#N)C(C(=O)O)C1. The van der Waals surface area contributed by atoms with Gasteiger partial charge in [0.1, 0.15) is 6.04 Å². The molecule has 0 bridgehead atoms. The second-order valence-corrected chi connectivity index (χ2v) is 4.96. The fourth-order valence-corrected chi connectivity index (χ4v) is 2.40. The van der Waals surface area contributed by atoms with E-state index in [1.54, 1.807) is 7.05 Å². The molecule has 6 heteroatoms. The molecule has 0 spiro atoms. The number of rotatable bonds is 4. The maximum absolute atomic E-state index is 12.2. The molecule has 1 aliphatic rings. The van der Waals surface area contributed by atoms with Crippen LogP contribution in [0, 0.1) is 17.2 Å². The third-order valence-electron chi connectivity index (χ3n) is 3.70. The second kappa shape index (κ2) is 6.98. The van der Waals surface area contributed by atoms with Crippen LogP contribution in [0.15, 0.2) is 0 Å². The van der Waals surface area contributed by atoms with Gasteiger partial charge >= 0.3 is 12.0 Å². The Balaban J connectivity index is 2.71. The lowest BCUT2D eigenvalue weighted by atomic mass is 9.89. The number of nitriles is 1. The van der Waals surface area contributed by atoms with E-state index < -0.39 is 12.0 Å². The highest BCUT2D eigenvalue weighted by atomic mass is 16.4. The number of likely N-dealkylation sites (tertiary alicyclic amines) is 1. The average molecular weight is 267 g/mol. The zero-order valence-electron chi connectivity index (χ0n) is 11.5. The number of carboxylic acids is 1. The zero-order valence-corrected chi connectivity index (χ0v) is 11.5. The first-order valence-corrected chi connectivity index (χ1v) is 6.62. The predicted octanol–water partition coefficient (Wildman–Crippen LogP) is 1.53. The lowest BCUT2D eigenvalue weighted by molar-refractivity contribution is -0.144. The largest absolute Gasteiger partial charge is 0.480 e. The van der Waals surface area contributed by atoms with Gasteiger partial charge in [-0.15, -0.1) is 0 Å². The van der Waals surface area contributed by atoms with E-state index in [0.29, 0.717) is 25.4 Å². The van der Waals surface area contributed by atoms with Crippen molar-refractivity contribution in [2.24, 2.45) is 5.92 Å². The third kappa shape index (κ3) is 3.85. The molecule has 0 aromatic rings. The smallest absolute Gasteiger partial charge is 0.326 e. The predicted molar refractivity (Wildman–Crippen MR) is 69.4 cm³/mol. The summed E-state index contributed by atoms with van der Waals surface area (Å²) in [6.45, 7) is 2.85. The van der Waals surface area contributed by atoms with Crippen LogP contribution in [0.1, 0.15) is 32.6 Å². The highest BCUT2D eigenvalue weighted by Crippen LogP contribution is 2.26. The molecule has 0 aromatic carbocycles. The van der Waals surface area contributed by atoms with Crippen molar-refractivity contribution in [1.29, 1.82) is 5.26 Å². The molecule has 2 atom stereocenters. The first-order valence-electron chi connectivity index (χ1n) is 6.62. The van der Waals surface area contributed by atoms with Crippen molar-refractivity contribution in [3.05, 3.63) is 0 Å². The van der Waals surface area contributed by atoms with Crippen LogP contribution in [0.4, 0.5) is 4.79 Å². The number of nitrogens with zero attached hydrogens (tertiary/aromatic N) is 3. The van der Waals surface area contributed by atoms with Crippen LogP contribution in [0.5, 0.6) is 0 Å². The van der Waals surface area contributed by atoms with E-state index in [4.69, 9.17) is 5.26 Å². The van der Waals surface area contributed by atoms with Crippen LogP contribution < -0.4 is 0 Å². The van der Waals surface area contributed by atoms with E-state index >= 15 is 0 Å². The monoisotopic (exact) mass is 267 g/mol. The summed E-state index contributed by atoms with van der Waals surface area (Å²) in [4.78, 5) is 26.3. The van der Waals surface area contributed by atoms with Gasteiger partial charge in [-0.1, -0.05) is 13.3 Å². The lowest BCUT2D eigenvalue weighted by Gasteiger charge is -2.38. The molecule has 0 aliphatic carbocycles. The molecule has 0 saturated carbocycles. The van der Waals surface area contributed by atoms with Gasteiger partial charge in [0.25, 0.3) is 0 Å². The first kappa shape index (κ1) is 15.3. The highest BCUT2D eigenvalue weighted by Gasteiger charge is 2.36. The number of carbonyl (C=O) groups is 2. The summed E-state index contributed by atoms with van der Waals surface area (Å²) in [5, 5.41) is 17.8. The van der Waals surface area contributed by atoms with Gasteiger partial charge < -0.3 is 14.9 Å². The molecule has 2 amide bonds. The maximum Gasteiger partial charge on any atom is 0.326 e. The molecule has 1 heterocycles. The van der Waals surface area contributed by atoms with Gasteiger partial charge in [-0.2, -0.15) is 5.26 Å². The summed E-state index contributed by atoms with van der Waals surface area (Å²) < 4.78 is 0. The number of urea groups is 1. The minimum Gasteiger partial charge on any atom is -0.480 e. The quantitative estimate of drug-likeness (QED) is 0.837. The summed E-state index contributed by atoms with van der Waals surface area (Å²) in [7, 11) is 1.60. The molecule has 1 fully saturated rings. The number of hydrogen-bond donors (Lipinski definition) is 1. The molecule has 2 unspecified atom stereocenters. The summed E-state index contributed by atoms with van der Waals surface area (Å²) in [5.41, 5.74) is 0. The number of carbonyl (C=O) groups excluding carboxylic acids is 1.